The monoisotopic (exact) mass is 492 g/mol. The Morgan fingerprint density at radius 2 is 1.59 bits per heavy atom. The Bertz CT molecular complexity index is 1290. The van der Waals surface area contributed by atoms with Crippen LogP contribution in [0.3, 0.4) is 0 Å². The van der Waals surface area contributed by atoms with Crippen LogP contribution >= 0.6 is 0 Å². The minimum absolute atomic E-state index is 0.178. The smallest absolute Gasteiger partial charge is 0.416 e. The fraction of sp³-hybridized carbons (Fsp3) is 0.208. The molecule has 3 rings (SSSR count). The van der Waals surface area contributed by atoms with E-state index in [2.05, 4.69) is 10.0 Å². The molecule has 180 valence electrons. The third-order valence-corrected chi connectivity index (χ3v) is 6.43. The number of sulfonamides is 1. The molecule has 2 N–H and O–H groups in total. The van der Waals surface area contributed by atoms with Crippen molar-refractivity contribution in [1.29, 1.82) is 0 Å². The van der Waals surface area contributed by atoms with E-state index in [0.717, 1.165) is 23.3 Å². The minimum Gasteiger partial charge on any atom is -0.481 e. The van der Waals surface area contributed by atoms with Crippen LogP contribution in [-0.2, 0) is 21.0 Å². The second-order valence-electron chi connectivity index (χ2n) is 7.70. The first-order chi connectivity index (χ1) is 15.8. The molecule has 0 unspecified atom stereocenters. The number of alkyl halides is 3. The summed E-state index contributed by atoms with van der Waals surface area (Å²) in [6, 6.07) is 14.6. The summed E-state index contributed by atoms with van der Waals surface area (Å²) < 4.78 is 71.5. The average molecular weight is 493 g/mol. The van der Waals surface area contributed by atoms with Gasteiger partial charge in [0.1, 0.15) is 5.75 Å². The first-order valence-corrected chi connectivity index (χ1v) is 11.7. The normalized spacial score (nSPS) is 12.6. The zero-order valence-corrected chi connectivity index (χ0v) is 19.4. The van der Waals surface area contributed by atoms with Gasteiger partial charge in [-0.05, 0) is 86.5 Å². The lowest BCUT2D eigenvalue weighted by Crippen LogP contribution is -2.30. The average Bonchev–Trinajstić information content (AvgIpc) is 2.76. The van der Waals surface area contributed by atoms with Gasteiger partial charge in [0.2, 0.25) is 0 Å². The van der Waals surface area contributed by atoms with Gasteiger partial charge in [-0.1, -0.05) is 12.1 Å². The largest absolute Gasteiger partial charge is 0.481 e. The summed E-state index contributed by atoms with van der Waals surface area (Å²) in [4.78, 5) is 12.3. The molecule has 0 spiro atoms. The maximum atomic E-state index is 12.9. The van der Waals surface area contributed by atoms with Crippen molar-refractivity contribution >= 4 is 27.3 Å². The van der Waals surface area contributed by atoms with E-state index < -0.39 is 33.8 Å². The highest BCUT2D eigenvalue weighted by molar-refractivity contribution is 7.92. The Balaban J connectivity index is 1.65. The summed E-state index contributed by atoms with van der Waals surface area (Å²) in [5, 5.41) is 2.64. The Labute approximate surface area is 195 Å². The van der Waals surface area contributed by atoms with Crippen molar-refractivity contribution in [3.63, 3.8) is 0 Å². The number of ether oxygens (including phenoxy) is 1. The fourth-order valence-electron chi connectivity index (χ4n) is 2.98. The molecular weight excluding hydrogens is 469 g/mol. The van der Waals surface area contributed by atoms with Crippen LogP contribution < -0.4 is 14.8 Å². The number of carbonyl (C=O) groups is 1. The van der Waals surface area contributed by atoms with Gasteiger partial charge in [0.15, 0.2) is 6.10 Å². The van der Waals surface area contributed by atoms with Gasteiger partial charge in [-0.3, -0.25) is 9.52 Å². The molecule has 0 aromatic heterocycles. The van der Waals surface area contributed by atoms with Gasteiger partial charge in [0.25, 0.3) is 15.9 Å². The SMILES string of the molecule is Cc1ccc(O[C@H](C)C(=O)Nc2ccc(S(=O)(=O)Nc3cccc(C(F)(F)F)c3)cc2)cc1C. The summed E-state index contributed by atoms with van der Waals surface area (Å²) in [6.07, 6.45) is -5.41. The number of benzene rings is 3. The summed E-state index contributed by atoms with van der Waals surface area (Å²) in [5.74, 6) is 0.115. The summed E-state index contributed by atoms with van der Waals surface area (Å²) in [5.41, 5.74) is 1.27. The Kier molecular flexibility index (Phi) is 7.21. The van der Waals surface area contributed by atoms with Crippen molar-refractivity contribution in [3.8, 4) is 5.75 Å². The third kappa shape index (κ3) is 6.28. The zero-order chi connectivity index (χ0) is 25.1. The maximum Gasteiger partial charge on any atom is 0.416 e. The van der Waals surface area contributed by atoms with Gasteiger partial charge in [0, 0.05) is 11.4 Å². The van der Waals surface area contributed by atoms with E-state index in [1.807, 2.05) is 26.0 Å². The second kappa shape index (κ2) is 9.76. The van der Waals surface area contributed by atoms with Crippen LogP contribution in [0.15, 0.2) is 71.6 Å². The standard InChI is InChI=1S/C24H23F3N2O4S/c1-15-7-10-21(13-16(15)2)33-17(3)23(30)28-19-8-11-22(12-9-19)34(31,32)29-20-6-4-5-18(14-20)24(25,26)27/h4-14,17,29H,1-3H3,(H,28,30)/t17-/m1/s1. The molecular formula is C24H23F3N2O4S. The molecule has 3 aromatic carbocycles. The molecule has 0 bridgehead atoms. The zero-order valence-electron chi connectivity index (χ0n) is 18.6. The number of amides is 1. The van der Waals surface area contributed by atoms with Crippen LogP contribution in [0.1, 0.15) is 23.6 Å². The van der Waals surface area contributed by atoms with Crippen molar-refractivity contribution < 1.29 is 31.1 Å². The van der Waals surface area contributed by atoms with E-state index in [1.54, 1.807) is 13.0 Å². The number of aryl methyl sites for hydroxylation is 2. The van der Waals surface area contributed by atoms with E-state index >= 15 is 0 Å². The van der Waals surface area contributed by atoms with E-state index in [0.29, 0.717) is 17.5 Å². The van der Waals surface area contributed by atoms with Crippen molar-refractivity contribution in [2.24, 2.45) is 0 Å². The number of hydrogen-bond acceptors (Lipinski definition) is 4. The molecule has 0 saturated heterocycles. The molecule has 1 atom stereocenters. The minimum atomic E-state index is -4.60. The summed E-state index contributed by atoms with van der Waals surface area (Å²) in [7, 11) is -4.14. The van der Waals surface area contributed by atoms with E-state index in [-0.39, 0.29) is 10.6 Å². The molecule has 10 heteroatoms. The number of rotatable bonds is 7. The van der Waals surface area contributed by atoms with Crippen LogP contribution in [0.25, 0.3) is 0 Å². The first kappa shape index (κ1) is 25.1. The number of halogens is 3. The lowest BCUT2D eigenvalue weighted by Gasteiger charge is -2.16. The van der Waals surface area contributed by atoms with E-state index in [4.69, 9.17) is 4.74 Å². The van der Waals surface area contributed by atoms with Gasteiger partial charge in [-0.15, -0.1) is 0 Å². The summed E-state index contributed by atoms with van der Waals surface area (Å²) in [6.45, 7) is 5.49. The van der Waals surface area contributed by atoms with Gasteiger partial charge in [0.05, 0.1) is 10.5 Å². The molecule has 0 heterocycles. The highest BCUT2D eigenvalue weighted by Gasteiger charge is 2.30. The van der Waals surface area contributed by atoms with Crippen molar-refractivity contribution in [1.82, 2.24) is 0 Å². The van der Waals surface area contributed by atoms with Crippen LogP contribution in [0.2, 0.25) is 0 Å². The Morgan fingerprint density at radius 3 is 2.21 bits per heavy atom. The number of hydrogen-bond donors (Lipinski definition) is 2. The Morgan fingerprint density at radius 1 is 0.912 bits per heavy atom. The van der Waals surface area contributed by atoms with Gasteiger partial charge >= 0.3 is 6.18 Å². The molecule has 0 aliphatic rings. The maximum absolute atomic E-state index is 12.9. The molecule has 0 fully saturated rings. The molecule has 6 nitrogen and oxygen atoms in total. The fourth-order valence-corrected chi connectivity index (χ4v) is 4.03. The molecule has 0 saturated carbocycles. The van der Waals surface area contributed by atoms with Crippen LogP contribution in [0, 0.1) is 13.8 Å². The topological polar surface area (TPSA) is 84.5 Å². The lowest BCUT2D eigenvalue weighted by atomic mass is 10.1. The molecule has 34 heavy (non-hydrogen) atoms. The number of nitrogens with one attached hydrogen (secondary N) is 2. The molecule has 3 aromatic rings. The number of anilines is 2. The van der Waals surface area contributed by atoms with Crippen LogP contribution in [0.4, 0.5) is 24.5 Å². The second-order valence-corrected chi connectivity index (χ2v) is 9.39. The van der Waals surface area contributed by atoms with E-state index in [1.165, 1.54) is 30.3 Å². The van der Waals surface area contributed by atoms with Gasteiger partial charge in [-0.25, -0.2) is 8.42 Å². The van der Waals surface area contributed by atoms with Gasteiger partial charge in [-0.2, -0.15) is 13.2 Å². The lowest BCUT2D eigenvalue weighted by molar-refractivity contribution is -0.137. The highest BCUT2D eigenvalue weighted by Crippen LogP contribution is 2.31. The van der Waals surface area contributed by atoms with Crippen LogP contribution in [0.5, 0.6) is 5.75 Å². The predicted octanol–water partition coefficient (Wildman–Crippen LogP) is 5.53. The quantitative estimate of drug-likeness (QED) is 0.454. The van der Waals surface area contributed by atoms with Crippen LogP contribution in [-0.4, -0.2) is 20.4 Å². The molecule has 0 aliphatic carbocycles. The molecule has 0 radical (unpaired) electrons. The first-order valence-electron chi connectivity index (χ1n) is 10.2. The van der Waals surface area contributed by atoms with Crippen molar-refractivity contribution in [2.75, 3.05) is 10.0 Å². The molecule has 1 amide bonds. The van der Waals surface area contributed by atoms with Crippen molar-refractivity contribution in [2.45, 2.75) is 37.9 Å². The highest BCUT2D eigenvalue weighted by atomic mass is 32.2. The summed E-state index contributed by atoms with van der Waals surface area (Å²) >= 11 is 0. The van der Waals surface area contributed by atoms with E-state index in [9.17, 15) is 26.4 Å². The number of carbonyl (C=O) groups excluding carboxylic acids is 1. The van der Waals surface area contributed by atoms with Crippen molar-refractivity contribution in [3.05, 3.63) is 83.4 Å². The predicted molar refractivity (Wildman–Crippen MR) is 123 cm³/mol. The Hall–Kier alpha value is -3.53. The van der Waals surface area contributed by atoms with Gasteiger partial charge < -0.3 is 10.1 Å². The molecule has 0 aliphatic heterocycles. The third-order valence-electron chi connectivity index (χ3n) is 5.03.